The van der Waals surface area contributed by atoms with E-state index in [2.05, 4.69) is 5.32 Å². The normalized spacial score (nSPS) is 11.7. The minimum absolute atomic E-state index is 0.0521. The Morgan fingerprint density at radius 3 is 2.58 bits per heavy atom. The fourth-order valence-electron chi connectivity index (χ4n) is 1.29. The van der Waals surface area contributed by atoms with Gasteiger partial charge in [0.1, 0.15) is 6.61 Å². The topological polar surface area (TPSA) is 38.3 Å². The van der Waals surface area contributed by atoms with Crippen molar-refractivity contribution in [3.8, 4) is 0 Å². The SMILES string of the molecule is CC(C)OCC(=O)Nc1ccc(Cl)cc1C(F)(F)F. The molecule has 19 heavy (non-hydrogen) atoms. The van der Waals surface area contributed by atoms with Gasteiger partial charge >= 0.3 is 6.18 Å². The predicted octanol–water partition coefficient (Wildman–Crippen LogP) is 3.72. The number of nitrogens with one attached hydrogen (secondary N) is 1. The lowest BCUT2D eigenvalue weighted by atomic mass is 10.1. The Hall–Kier alpha value is -1.27. The molecule has 0 aliphatic carbocycles. The summed E-state index contributed by atoms with van der Waals surface area (Å²) in [6.07, 6.45) is -4.77. The first kappa shape index (κ1) is 15.8. The average Bonchev–Trinajstić information content (AvgIpc) is 2.27. The second-order valence-electron chi connectivity index (χ2n) is 4.10. The van der Waals surface area contributed by atoms with Gasteiger partial charge in [-0.3, -0.25) is 4.79 Å². The Morgan fingerprint density at radius 1 is 1.42 bits per heavy atom. The smallest absolute Gasteiger partial charge is 0.369 e. The highest BCUT2D eigenvalue weighted by Gasteiger charge is 2.34. The summed E-state index contributed by atoms with van der Waals surface area (Å²) in [6, 6.07) is 3.15. The molecule has 0 bridgehead atoms. The van der Waals surface area contributed by atoms with Gasteiger partial charge in [-0.15, -0.1) is 0 Å². The number of halogens is 4. The molecule has 0 spiro atoms. The third kappa shape index (κ3) is 5.08. The number of rotatable bonds is 4. The zero-order valence-corrected chi connectivity index (χ0v) is 11.1. The van der Waals surface area contributed by atoms with Gasteiger partial charge in [-0.05, 0) is 32.0 Å². The van der Waals surface area contributed by atoms with Gasteiger partial charge in [-0.25, -0.2) is 0 Å². The Balaban J connectivity index is 2.86. The Bertz CT molecular complexity index is 461. The summed E-state index contributed by atoms with van der Waals surface area (Å²) in [5.74, 6) is -0.651. The van der Waals surface area contributed by atoms with Gasteiger partial charge in [-0.1, -0.05) is 11.6 Å². The van der Waals surface area contributed by atoms with E-state index in [0.29, 0.717) is 0 Å². The number of carbonyl (C=O) groups is 1. The molecular formula is C12H13ClF3NO2. The lowest BCUT2D eigenvalue weighted by Crippen LogP contribution is -2.22. The summed E-state index contributed by atoms with van der Waals surface area (Å²) >= 11 is 5.52. The molecule has 0 heterocycles. The van der Waals surface area contributed by atoms with Gasteiger partial charge in [0.05, 0.1) is 17.4 Å². The van der Waals surface area contributed by atoms with E-state index in [1.54, 1.807) is 13.8 Å². The molecule has 3 nitrogen and oxygen atoms in total. The van der Waals surface area contributed by atoms with Crippen molar-refractivity contribution >= 4 is 23.2 Å². The molecule has 0 aliphatic rings. The molecule has 1 rings (SSSR count). The largest absolute Gasteiger partial charge is 0.418 e. The highest BCUT2D eigenvalue weighted by atomic mass is 35.5. The Kier molecular flexibility index (Phi) is 5.20. The van der Waals surface area contributed by atoms with Crippen molar-refractivity contribution in [2.45, 2.75) is 26.1 Å². The molecule has 0 unspecified atom stereocenters. The molecule has 0 radical (unpaired) electrons. The number of amides is 1. The summed E-state index contributed by atoms with van der Waals surface area (Å²) in [6.45, 7) is 3.13. The maximum Gasteiger partial charge on any atom is 0.418 e. The zero-order chi connectivity index (χ0) is 14.6. The van der Waals surface area contributed by atoms with Crippen LogP contribution in [0.15, 0.2) is 18.2 Å². The molecule has 1 aromatic carbocycles. The van der Waals surface area contributed by atoms with Crippen LogP contribution >= 0.6 is 11.6 Å². The minimum Gasteiger partial charge on any atom is -0.369 e. The molecule has 0 aliphatic heterocycles. The van der Waals surface area contributed by atoms with Crippen molar-refractivity contribution in [3.63, 3.8) is 0 Å². The molecule has 1 aromatic rings. The lowest BCUT2D eigenvalue weighted by molar-refractivity contribution is -0.137. The summed E-state index contributed by atoms with van der Waals surface area (Å²) in [5.41, 5.74) is -1.33. The second-order valence-corrected chi connectivity index (χ2v) is 4.53. The van der Waals surface area contributed by atoms with Crippen LogP contribution in [0, 0.1) is 0 Å². The Morgan fingerprint density at radius 2 is 2.05 bits per heavy atom. The van der Waals surface area contributed by atoms with Gasteiger partial charge in [0, 0.05) is 5.02 Å². The standard InChI is InChI=1S/C12H13ClF3NO2/c1-7(2)19-6-11(18)17-10-4-3-8(13)5-9(10)12(14,15)16/h3-5,7H,6H2,1-2H3,(H,17,18). The van der Waals surface area contributed by atoms with Crippen molar-refractivity contribution in [3.05, 3.63) is 28.8 Å². The van der Waals surface area contributed by atoms with Gasteiger partial charge in [0.25, 0.3) is 0 Å². The molecular weight excluding hydrogens is 283 g/mol. The molecule has 0 aromatic heterocycles. The van der Waals surface area contributed by atoms with Crippen LogP contribution in [0.3, 0.4) is 0 Å². The third-order valence-electron chi connectivity index (χ3n) is 2.11. The highest BCUT2D eigenvalue weighted by molar-refractivity contribution is 6.30. The van der Waals surface area contributed by atoms with E-state index in [-0.39, 0.29) is 23.4 Å². The van der Waals surface area contributed by atoms with Crippen molar-refractivity contribution in [2.24, 2.45) is 0 Å². The molecule has 1 amide bonds. The summed E-state index contributed by atoms with van der Waals surface area (Å²) in [5, 5.41) is 2.10. The second kappa shape index (κ2) is 6.25. The maximum atomic E-state index is 12.8. The van der Waals surface area contributed by atoms with E-state index in [1.165, 1.54) is 6.07 Å². The van der Waals surface area contributed by atoms with Crippen molar-refractivity contribution in [1.29, 1.82) is 0 Å². The fourth-order valence-corrected chi connectivity index (χ4v) is 1.46. The average molecular weight is 296 g/mol. The number of carbonyl (C=O) groups excluding carboxylic acids is 1. The quantitative estimate of drug-likeness (QED) is 0.919. The van der Waals surface area contributed by atoms with E-state index < -0.39 is 17.6 Å². The third-order valence-corrected chi connectivity index (χ3v) is 2.34. The van der Waals surface area contributed by atoms with Crippen LogP contribution in [0.2, 0.25) is 5.02 Å². The van der Waals surface area contributed by atoms with Crippen LogP contribution in [0.25, 0.3) is 0 Å². The Labute approximate surface area is 113 Å². The first-order chi connectivity index (χ1) is 8.70. The first-order valence-electron chi connectivity index (χ1n) is 5.48. The van der Waals surface area contributed by atoms with E-state index in [1.807, 2.05) is 0 Å². The fraction of sp³-hybridized carbons (Fsp3) is 0.417. The van der Waals surface area contributed by atoms with Gasteiger partial charge in [0.2, 0.25) is 5.91 Å². The molecule has 1 N–H and O–H groups in total. The summed E-state index contributed by atoms with van der Waals surface area (Å²) in [7, 11) is 0. The van der Waals surface area contributed by atoms with Crippen LogP contribution in [-0.4, -0.2) is 18.6 Å². The lowest BCUT2D eigenvalue weighted by Gasteiger charge is -2.14. The monoisotopic (exact) mass is 295 g/mol. The van der Waals surface area contributed by atoms with Crippen molar-refractivity contribution < 1.29 is 22.7 Å². The molecule has 0 fully saturated rings. The molecule has 0 saturated carbocycles. The zero-order valence-electron chi connectivity index (χ0n) is 10.3. The predicted molar refractivity (Wildman–Crippen MR) is 66.2 cm³/mol. The first-order valence-corrected chi connectivity index (χ1v) is 5.86. The van der Waals surface area contributed by atoms with E-state index in [4.69, 9.17) is 16.3 Å². The molecule has 7 heteroatoms. The molecule has 106 valence electrons. The van der Waals surface area contributed by atoms with Crippen LogP contribution in [-0.2, 0) is 15.7 Å². The van der Waals surface area contributed by atoms with Crippen molar-refractivity contribution in [2.75, 3.05) is 11.9 Å². The summed E-state index contributed by atoms with van der Waals surface area (Å²) in [4.78, 5) is 11.4. The summed E-state index contributed by atoms with van der Waals surface area (Å²) < 4.78 is 43.3. The minimum atomic E-state index is -4.59. The number of alkyl halides is 3. The highest BCUT2D eigenvalue weighted by Crippen LogP contribution is 2.36. The number of hydrogen-bond acceptors (Lipinski definition) is 2. The van der Waals surface area contributed by atoms with E-state index in [0.717, 1.165) is 12.1 Å². The number of ether oxygens (including phenoxy) is 1. The van der Waals surface area contributed by atoms with Crippen molar-refractivity contribution in [1.82, 2.24) is 0 Å². The van der Waals surface area contributed by atoms with E-state index >= 15 is 0 Å². The van der Waals surface area contributed by atoms with Gasteiger partial charge in [-0.2, -0.15) is 13.2 Å². The number of anilines is 1. The molecule has 0 saturated heterocycles. The van der Waals surface area contributed by atoms with Crippen LogP contribution in [0.4, 0.5) is 18.9 Å². The van der Waals surface area contributed by atoms with Crippen LogP contribution in [0.1, 0.15) is 19.4 Å². The molecule has 0 atom stereocenters. The van der Waals surface area contributed by atoms with Gasteiger partial charge < -0.3 is 10.1 Å². The number of benzene rings is 1. The maximum absolute atomic E-state index is 12.8. The van der Waals surface area contributed by atoms with E-state index in [9.17, 15) is 18.0 Å². The van der Waals surface area contributed by atoms with Gasteiger partial charge in [0.15, 0.2) is 0 Å². The van der Waals surface area contributed by atoms with Crippen LogP contribution < -0.4 is 5.32 Å². The van der Waals surface area contributed by atoms with Crippen LogP contribution in [0.5, 0.6) is 0 Å². The number of hydrogen-bond donors (Lipinski definition) is 1.